The van der Waals surface area contributed by atoms with Crippen LogP contribution in [0.5, 0.6) is 0 Å². The number of hydrogen-bond donors (Lipinski definition) is 1. The van der Waals surface area contributed by atoms with E-state index in [0.29, 0.717) is 6.42 Å². The van der Waals surface area contributed by atoms with Gasteiger partial charge in [0.25, 0.3) is 0 Å². The van der Waals surface area contributed by atoms with Crippen LogP contribution in [-0.2, 0) is 13.5 Å². The van der Waals surface area contributed by atoms with Gasteiger partial charge in [-0.05, 0) is 16.8 Å². The van der Waals surface area contributed by atoms with Gasteiger partial charge in [0.15, 0.2) is 5.82 Å². The van der Waals surface area contributed by atoms with E-state index < -0.39 is 0 Å². The third-order valence-electron chi connectivity index (χ3n) is 1.75. The van der Waals surface area contributed by atoms with Crippen LogP contribution < -0.4 is 0 Å². The number of aliphatic hydroxyl groups is 1. The Bertz CT molecular complexity index is 235. The third-order valence-corrected chi connectivity index (χ3v) is 1.75. The van der Waals surface area contributed by atoms with Crippen LogP contribution in [0.25, 0.3) is 0 Å². The molecule has 0 aliphatic heterocycles. The van der Waals surface area contributed by atoms with E-state index in [4.69, 9.17) is 0 Å². The normalized spacial score (nSPS) is 13.2. The highest BCUT2D eigenvalue weighted by atomic mass is 16.3. The summed E-state index contributed by atoms with van der Waals surface area (Å²) in [5, 5.41) is 20.4. The summed E-state index contributed by atoms with van der Waals surface area (Å²) in [5.74, 6) is 0.732. The Morgan fingerprint density at radius 1 is 1.58 bits per heavy atom. The van der Waals surface area contributed by atoms with Gasteiger partial charge in [0.05, 0.1) is 6.10 Å². The lowest BCUT2D eigenvalue weighted by molar-refractivity contribution is 0.160. The van der Waals surface area contributed by atoms with Crippen LogP contribution in [0.1, 0.15) is 25.6 Å². The van der Waals surface area contributed by atoms with Crippen LogP contribution in [0.3, 0.4) is 0 Å². The van der Waals surface area contributed by atoms with Crippen LogP contribution in [-0.4, -0.2) is 31.4 Å². The lowest BCUT2D eigenvalue weighted by atomic mass is 10.1. The topological polar surface area (TPSA) is 63.8 Å². The van der Waals surface area contributed by atoms with E-state index in [9.17, 15) is 5.11 Å². The molecule has 1 heterocycles. The summed E-state index contributed by atoms with van der Waals surface area (Å²) in [5.41, 5.74) is 0. The number of hydrogen-bond acceptors (Lipinski definition) is 4. The molecular formula is C7H14N4O. The maximum atomic E-state index is 9.44. The fourth-order valence-corrected chi connectivity index (χ4v) is 1.07. The fourth-order valence-electron chi connectivity index (χ4n) is 1.07. The monoisotopic (exact) mass is 170 g/mol. The van der Waals surface area contributed by atoms with Crippen molar-refractivity contribution >= 4 is 0 Å². The summed E-state index contributed by atoms with van der Waals surface area (Å²) in [7, 11) is 1.77. The van der Waals surface area contributed by atoms with Gasteiger partial charge in [-0.3, -0.25) is 0 Å². The molecule has 0 aliphatic carbocycles. The van der Waals surface area contributed by atoms with Crippen LogP contribution in [0.2, 0.25) is 0 Å². The molecule has 0 bridgehead atoms. The van der Waals surface area contributed by atoms with Crippen molar-refractivity contribution in [1.82, 2.24) is 20.2 Å². The number of tetrazole rings is 1. The quantitative estimate of drug-likeness (QED) is 0.686. The molecule has 1 N–H and O–H groups in total. The van der Waals surface area contributed by atoms with E-state index in [1.807, 2.05) is 6.92 Å². The molecular weight excluding hydrogens is 156 g/mol. The second-order valence-electron chi connectivity index (χ2n) is 2.87. The fraction of sp³-hybridized carbons (Fsp3) is 0.857. The molecule has 1 aromatic rings. The van der Waals surface area contributed by atoms with Gasteiger partial charge >= 0.3 is 0 Å². The first-order valence-corrected chi connectivity index (χ1v) is 4.13. The molecule has 1 rings (SSSR count). The van der Waals surface area contributed by atoms with Crippen LogP contribution in [0.4, 0.5) is 0 Å². The van der Waals surface area contributed by atoms with Crippen molar-refractivity contribution in [3.8, 4) is 0 Å². The lowest BCUT2D eigenvalue weighted by Gasteiger charge is -2.06. The first-order chi connectivity index (χ1) is 5.74. The Kier molecular flexibility index (Phi) is 3.16. The summed E-state index contributed by atoms with van der Waals surface area (Å²) >= 11 is 0. The van der Waals surface area contributed by atoms with Crippen molar-refractivity contribution in [2.24, 2.45) is 7.05 Å². The number of nitrogens with zero attached hydrogens (tertiary/aromatic N) is 4. The van der Waals surface area contributed by atoms with Gasteiger partial charge in [0.1, 0.15) is 0 Å². The van der Waals surface area contributed by atoms with E-state index in [0.717, 1.165) is 18.7 Å². The smallest absolute Gasteiger partial charge is 0.153 e. The molecule has 0 aromatic carbocycles. The molecule has 5 nitrogen and oxygen atoms in total. The predicted octanol–water partition coefficient (Wildman–Crippen LogP) is -0.0864. The highest BCUT2D eigenvalue weighted by Gasteiger charge is 2.08. The molecule has 1 aromatic heterocycles. The van der Waals surface area contributed by atoms with Crippen LogP contribution in [0, 0.1) is 0 Å². The standard InChI is InChI=1S/C7H14N4O/c1-3-4-6(12)5-7-8-9-10-11(7)2/h6,12H,3-5H2,1-2H3. The first-order valence-electron chi connectivity index (χ1n) is 4.13. The van der Waals surface area contributed by atoms with E-state index in [2.05, 4.69) is 15.5 Å². The van der Waals surface area contributed by atoms with Gasteiger partial charge in [-0.1, -0.05) is 13.3 Å². The largest absolute Gasteiger partial charge is 0.393 e. The Morgan fingerprint density at radius 3 is 2.83 bits per heavy atom. The van der Waals surface area contributed by atoms with Gasteiger partial charge < -0.3 is 5.11 Å². The van der Waals surface area contributed by atoms with Crippen LogP contribution in [0.15, 0.2) is 0 Å². The van der Waals surface area contributed by atoms with E-state index in [-0.39, 0.29) is 6.10 Å². The SMILES string of the molecule is CCCC(O)Cc1nnnn1C. The van der Waals surface area contributed by atoms with Crippen molar-refractivity contribution in [2.45, 2.75) is 32.3 Å². The molecule has 0 saturated heterocycles. The minimum atomic E-state index is -0.320. The molecule has 68 valence electrons. The minimum Gasteiger partial charge on any atom is -0.393 e. The average molecular weight is 170 g/mol. The van der Waals surface area contributed by atoms with E-state index in [1.165, 1.54) is 0 Å². The molecule has 0 spiro atoms. The molecule has 0 amide bonds. The van der Waals surface area contributed by atoms with Crippen molar-refractivity contribution in [1.29, 1.82) is 0 Å². The maximum absolute atomic E-state index is 9.44. The third kappa shape index (κ3) is 2.27. The zero-order valence-corrected chi connectivity index (χ0v) is 7.43. The Balaban J connectivity index is 2.46. The molecule has 0 radical (unpaired) electrons. The Hall–Kier alpha value is -0.970. The summed E-state index contributed by atoms with van der Waals surface area (Å²) in [4.78, 5) is 0. The molecule has 0 aliphatic rings. The predicted molar refractivity (Wildman–Crippen MR) is 43.4 cm³/mol. The second-order valence-corrected chi connectivity index (χ2v) is 2.87. The number of aromatic nitrogens is 4. The highest BCUT2D eigenvalue weighted by molar-refractivity contribution is 4.82. The lowest BCUT2D eigenvalue weighted by Crippen LogP contribution is -2.13. The summed E-state index contributed by atoms with van der Waals surface area (Å²) in [6, 6.07) is 0. The molecule has 1 atom stereocenters. The highest BCUT2D eigenvalue weighted by Crippen LogP contribution is 2.02. The molecule has 1 unspecified atom stereocenters. The van der Waals surface area contributed by atoms with Gasteiger partial charge in [0.2, 0.25) is 0 Å². The Morgan fingerprint density at radius 2 is 2.33 bits per heavy atom. The summed E-state index contributed by atoms with van der Waals surface area (Å²) in [6.07, 6.45) is 2.00. The summed E-state index contributed by atoms with van der Waals surface area (Å²) < 4.78 is 1.58. The number of aryl methyl sites for hydroxylation is 1. The Labute approximate surface area is 71.4 Å². The summed E-state index contributed by atoms with van der Waals surface area (Å²) in [6.45, 7) is 2.04. The van der Waals surface area contributed by atoms with Gasteiger partial charge in [-0.25, -0.2) is 4.68 Å². The molecule has 12 heavy (non-hydrogen) atoms. The number of rotatable bonds is 4. The van der Waals surface area contributed by atoms with Crippen molar-refractivity contribution in [2.75, 3.05) is 0 Å². The van der Waals surface area contributed by atoms with E-state index in [1.54, 1.807) is 11.7 Å². The molecule has 5 heteroatoms. The minimum absolute atomic E-state index is 0.320. The van der Waals surface area contributed by atoms with Crippen molar-refractivity contribution in [3.63, 3.8) is 0 Å². The van der Waals surface area contributed by atoms with Crippen molar-refractivity contribution in [3.05, 3.63) is 5.82 Å². The zero-order valence-electron chi connectivity index (χ0n) is 7.43. The number of aliphatic hydroxyl groups excluding tert-OH is 1. The maximum Gasteiger partial charge on any atom is 0.153 e. The zero-order chi connectivity index (χ0) is 8.97. The average Bonchev–Trinajstić information content (AvgIpc) is 2.37. The van der Waals surface area contributed by atoms with Gasteiger partial charge in [-0.15, -0.1) is 5.10 Å². The van der Waals surface area contributed by atoms with Crippen LogP contribution >= 0.6 is 0 Å². The first kappa shape index (κ1) is 9.12. The van der Waals surface area contributed by atoms with Gasteiger partial charge in [0, 0.05) is 13.5 Å². The molecule has 0 fully saturated rings. The second kappa shape index (κ2) is 4.15. The van der Waals surface area contributed by atoms with E-state index >= 15 is 0 Å². The van der Waals surface area contributed by atoms with Gasteiger partial charge in [-0.2, -0.15) is 0 Å². The van der Waals surface area contributed by atoms with Crippen molar-refractivity contribution < 1.29 is 5.11 Å². The molecule has 0 saturated carbocycles.